The second-order valence-electron chi connectivity index (χ2n) is 7.47. The Morgan fingerprint density at radius 3 is 2.69 bits per heavy atom. The number of ether oxygens (including phenoxy) is 3. The second-order valence-corrected chi connectivity index (χ2v) is 7.47. The van der Waals surface area contributed by atoms with Crippen molar-refractivity contribution in [2.45, 2.75) is 19.1 Å². The summed E-state index contributed by atoms with van der Waals surface area (Å²) in [4.78, 5) is 14.9. The fourth-order valence-electron chi connectivity index (χ4n) is 4.19. The third-order valence-electron chi connectivity index (χ3n) is 5.55. The molecule has 29 heavy (non-hydrogen) atoms. The van der Waals surface area contributed by atoms with E-state index in [2.05, 4.69) is 18.2 Å². The molecule has 2 aliphatic rings. The fourth-order valence-corrected chi connectivity index (χ4v) is 4.19. The predicted octanol–water partition coefficient (Wildman–Crippen LogP) is 4.16. The molecule has 2 heterocycles. The Hall–Kier alpha value is -2.89. The number of aryl methyl sites for hydroxylation is 1. The van der Waals surface area contributed by atoms with Gasteiger partial charge in [-0.3, -0.25) is 4.79 Å². The van der Waals surface area contributed by atoms with E-state index in [4.69, 9.17) is 14.2 Å². The summed E-state index contributed by atoms with van der Waals surface area (Å²) in [5, 5.41) is 2.25. The Balaban J connectivity index is 1.31. The summed E-state index contributed by atoms with van der Waals surface area (Å²) >= 11 is 0. The number of benzene rings is 3. The van der Waals surface area contributed by atoms with Crippen LogP contribution in [0.1, 0.15) is 17.5 Å². The Kier molecular flexibility index (Phi) is 4.49. The highest BCUT2D eigenvalue weighted by Crippen LogP contribution is 2.46. The zero-order valence-electron chi connectivity index (χ0n) is 16.4. The van der Waals surface area contributed by atoms with Crippen molar-refractivity contribution in [2.24, 2.45) is 0 Å². The molecule has 5 rings (SSSR count). The van der Waals surface area contributed by atoms with Crippen LogP contribution in [0.5, 0.6) is 5.75 Å². The van der Waals surface area contributed by atoms with Gasteiger partial charge in [-0.2, -0.15) is 0 Å². The summed E-state index contributed by atoms with van der Waals surface area (Å²) in [6.45, 7) is 3.93. The van der Waals surface area contributed by atoms with Crippen LogP contribution in [-0.4, -0.2) is 32.3 Å². The number of rotatable bonds is 5. The predicted molar refractivity (Wildman–Crippen MR) is 111 cm³/mol. The Labute approximate surface area is 169 Å². The van der Waals surface area contributed by atoms with E-state index in [0.29, 0.717) is 32.8 Å². The molecule has 0 N–H and O–H groups in total. The highest BCUT2D eigenvalue weighted by atomic mass is 16.7. The van der Waals surface area contributed by atoms with Crippen molar-refractivity contribution in [3.63, 3.8) is 0 Å². The number of carbonyl (C=O) groups excluding carboxylic acids is 1. The van der Waals surface area contributed by atoms with Crippen LogP contribution in [0.15, 0.2) is 60.7 Å². The molecule has 0 aliphatic carbocycles. The molecule has 0 unspecified atom stereocenters. The Morgan fingerprint density at radius 1 is 1.03 bits per heavy atom. The van der Waals surface area contributed by atoms with Crippen LogP contribution >= 0.6 is 0 Å². The molecule has 0 radical (unpaired) electrons. The maximum atomic E-state index is 13.2. The number of hydrogen-bond acceptors (Lipinski definition) is 4. The van der Waals surface area contributed by atoms with E-state index in [1.807, 2.05) is 49.4 Å². The topological polar surface area (TPSA) is 48.0 Å². The van der Waals surface area contributed by atoms with E-state index in [0.717, 1.165) is 33.3 Å². The molecule has 5 nitrogen and oxygen atoms in total. The zero-order valence-corrected chi connectivity index (χ0v) is 16.4. The van der Waals surface area contributed by atoms with Gasteiger partial charge in [-0.15, -0.1) is 0 Å². The molecule has 0 saturated carbocycles. The lowest BCUT2D eigenvalue weighted by Crippen LogP contribution is -2.41. The van der Waals surface area contributed by atoms with Gasteiger partial charge < -0.3 is 19.1 Å². The molecule has 1 amide bonds. The molecule has 0 aromatic heterocycles. The number of fused-ring (bicyclic) bond motifs is 3. The van der Waals surface area contributed by atoms with E-state index in [-0.39, 0.29) is 5.91 Å². The van der Waals surface area contributed by atoms with Gasteiger partial charge in [-0.05, 0) is 36.9 Å². The van der Waals surface area contributed by atoms with Crippen LogP contribution in [0.3, 0.4) is 0 Å². The minimum Gasteiger partial charge on any atom is -0.493 e. The monoisotopic (exact) mass is 389 g/mol. The zero-order chi connectivity index (χ0) is 19.8. The SMILES string of the molecule is Cc1ccc2c(c1)C1(OCCO1)C(=O)N2CCCOc1cccc2ccccc12. The second kappa shape index (κ2) is 7.17. The normalized spacial score (nSPS) is 17.3. The molecular formula is C24H23NO4. The van der Waals surface area contributed by atoms with E-state index in [1.54, 1.807) is 4.90 Å². The van der Waals surface area contributed by atoms with Gasteiger partial charge in [0.25, 0.3) is 11.7 Å². The fraction of sp³-hybridized carbons (Fsp3) is 0.292. The van der Waals surface area contributed by atoms with E-state index in [9.17, 15) is 4.79 Å². The average molecular weight is 389 g/mol. The lowest BCUT2D eigenvalue weighted by atomic mass is 10.0. The van der Waals surface area contributed by atoms with Gasteiger partial charge in [0.1, 0.15) is 5.75 Å². The first-order valence-corrected chi connectivity index (χ1v) is 10.0. The highest BCUT2D eigenvalue weighted by Gasteiger charge is 2.55. The third kappa shape index (κ3) is 2.98. The van der Waals surface area contributed by atoms with E-state index in [1.165, 1.54) is 0 Å². The van der Waals surface area contributed by atoms with Crippen molar-refractivity contribution >= 4 is 22.4 Å². The van der Waals surface area contributed by atoms with Crippen LogP contribution in [0.2, 0.25) is 0 Å². The molecule has 5 heteroatoms. The number of amides is 1. The summed E-state index contributed by atoms with van der Waals surface area (Å²) < 4.78 is 17.6. The van der Waals surface area contributed by atoms with E-state index >= 15 is 0 Å². The Morgan fingerprint density at radius 2 is 1.83 bits per heavy atom. The van der Waals surface area contributed by atoms with Crippen LogP contribution in [0.4, 0.5) is 5.69 Å². The summed E-state index contributed by atoms with van der Waals surface area (Å²) in [7, 11) is 0. The molecule has 0 bridgehead atoms. The summed E-state index contributed by atoms with van der Waals surface area (Å²) in [6.07, 6.45) is 0.707. The molecule has 2 aliphatic heterocycles. The largest absolute Gasteiger partial charge is 0.493 e. The maximum absolute atomic E-state index is 13.2. The third-order valence-corrected chi connectivity index (χ3v) is 5.55. The molecule has 1 saturated heterocycles. The summed E-state index contributed by atoms with van der Waals surface area (Å²) in [6, 6.07) is 20.2. The van der Waals surface area contributed by atoms with Crippen molar-refractivity contribution in [3.05, 3.63) is 71.8 Å². The van der Waals surface area contributed by atoms with Crippen molar-refractivity contribution < 1.29 is 19.0 Å². The van der Waals surface area contributed by atoms with Crippen molar-refractivity contribution in [3.8, 4) is 5.75 Å². The van der Waals surface area contributed by atoms with Crippen molar-refractivity contribution in [1.29, 1.82) is 0 Å². The van der Waals surface area contributed by atoms with Crippen LogP contribution < -0.4 is 9.64 Å². The molecular weight excluding hydrogens is 366 g/mol. The minimum absolute atomic E-state index is 0.138. The van der Waals surface area contributed by atoms with Gasteiger partial charge in [0.2, 0.25) is 0 Å². The number of carbonyl (C=O) groups is 1. The molecule has 3 aromatic carbocycles. The van der Waals surface area contributed by atoms with Crippen LogP contribution in [-0.2, 0) is 20.1 Å². The molecule has 148 valence electrons. The highest BCUT2D eigenvalue weighted by molar-refractivity contribution is 6.06. The number of nitrogens with zero attached hydrogens (tertiary/aromatic N) is 1. The molecule has 3 aromatic rings. The molecule has 0 atom stereocenters. The average Bonchev–Trinajstić information content (AvgIpc) is 3.32. The lowest BCUT2D eigenvalue weighted by molar-refractivity contribution is -0.180. The first kappa shape index (κ1) is 18.2. The van der Waals surface area contributed by atoms with Gasteiger partial charge in [0.15, 0.2) is 0 Å². The Bertz CT molecular complexity index is 1070. The standard InChI is InChI=1S/C24H23NO4/c1-17-10-11-21-20(16-17)24(28-14-15-29-24)23(26)25(21)12-5-13-27-22-9-4-7-18-6-2-3-8-19(18)22/h2-4,6-11,16H,5,12-15H2,1H3. The van der Waals surface area contributed by atoms with E-state index < -0.39 is 5.79 Å². The van der Waals surface area contributed by atoms with Crippen LogP contribution in [0, 0.1) is 6.92 Å². The first-order chi connectivity index (χ1) is 14.2. The van der Waals surface area contributed by atoms with Crippen molar-refractivity contribution in [2.75, 3.05) is 31.3 Å². The minimum atomic E-state index is -1.27. The van der Waals surface area contributed by atoms with Crippen molar-refractivity contribution in [1.82, 2.24) is 0 Å². The van der Waals surface area contributed by atoms with Gasteiger partial charge in [0, 0.05) is 17.5 Å². The van der Waals surface area contributed by atoms with Crippen LogP contribution in [0.25, 0.3) is 10.8 Å². The smallest absolute Gasteiger partial charge is 0.292 e. The van der Waals surface area contributed by atoms with Gasteiger partial charge in [-0.25, -0.2) is 0 Å². The number of hydrogen-bond donors (Lipinski definition) is 0. The van der Waals surface area contributed by atoms with Gasteiger partial charge in [0.05, 0.1) is 25.5 Å². The van der Waals surface area contributed by atoms with Gasteiger partial charge in [-0.1, -0.05) is 48.0 Å². The van der Waals surface area contributed by atoms with Gasteiger partial charge >= 0.3 is 0 Å². The first-order valence-electron chi connectivity index (χ1n) is 10.0. The summed E-state index contributed by atoms with van der Waals surface area (Å²) in [5.74, 6) is -0.538. The maximum Gasteiger partial charge on any atom is 0.292 e. The molecule has 1 fully saturated rings. The summed E-state index contributed by atoms with van der Waals surface area (Å²) in [5.41, 5.74) is 2.76. The lowest BCUT2D eigenvalue weighted by Gasteiger charge is -2.22. The quantitative estimate of drug-likeness (QED) is 0.615. The number of anilines is 1. The molecule has 1 spiro atoms.